The second kappa shape index (κ2) is 9.05. The van der Waals surface area contributed by atoms with Gasteiger partial charge >= 0.3 is 0 Å². The summed E-state index contributed by atoms with van der Waals surface area (Å²) in [5, 5.41) is 0. The van der Waals surface area contributed by atoms with E-state index in [9.17, 15) is 17.6 Å². The van der Waals surface area contributed by atoms with Gasteiger partial charge in [0, 0.05) is 11.6 Å². The van der Waals surface area contributed by atoms with Crippen molar-refractivity contribution in [2.24, 2.45) is 5.92 Å². The Labute approximate surface area is 191 Å². The Bertz CT molecular complexity index is 1350. The number of nitrogen functional groups attached to an aromatic ring is 1. The number of anilines is 2. The first-order valence-electron chi connectivity index (χ1n) is 11.0. The Balaban J connectivity index is 1.67. The molecule has 0 unspecified atom stereocenters. The molecule has 0 spiro atoms. The molecule has 4 rings (SSSR count). The van der Waals surface area contributed by atoms with Gasteiger partial charge in [-0.05, 0) is 44.7 Å². The summed E-state index contributed by atoms with van der Waals surface area (Å²) in [6.45, 7) is 3.63. The summed E-state index contributed by atoms with van der Waals surface area (Å²) in [6.07, 6.45) is 6.31. The molecule has 3 N–H and O–H groups in total. The van der Waals surface area contributed by atoms with E-state index in [0.717, 1.165) is 38.2 Å². The van der Waals surface area contributed by atoms with Crippen LogP contribution in [-0.4, -0.2) is 33.7 Å². The van der Waals surface area contributed by atoms with Crippen LogP contribution in [0.3, 0.4) is 0 Å². The van der Waals surface area contributed by atoms with Crippen molar-refractivity contribution >= 4 is 32.8 Å². The highest BCUT2D eigenvalue weighted by molar-refractivity contribution is 7.92. The van der Waals surface area contributed by atoms with Gasteiger partial charge in [-0.25, -0.2) is 22.8 Å². The van der Waals surface area contributed by atoms with Crippen LogP contribution in [0.15, 0.2) is 29.2 Å². The predicted octanol–water partition coefficient (Wildman–Crippen LogP) is 3.48. The fraction of sp³-hybridized carbons (Fsp3) is 0.455. The third kappa shape index (κ3) is 4.97. The molecule has 1 aromatic carbocycles. The lowest BCUT2D eigenvalue weighted by Crippen LogP contribution is -2.26. The Morgan fingerprint density at radius 2 is 1.94 bits per heavy atom. The minimum Gasteiger partial charge on any atom is -0.368 e. The van der Waals surface area contributed by atoms with Crippen LogP contribution in [-0.2, 0) is 10.0 Å². The molecule has 0 atom stereocenters. The number of hydrogen-bond acceptors (Lipinski definition) is 7. The summed E-state index contributed by atoms with van der Waals surface area (Å²) < 4.78 is 43.8. The Hall–Kier alpha value is -3.08. The molecular weight excluding hydrogens is 447 g/mol. The molecule has 11 heteroatoms. The van der Waals surface area contributed by atoms with Crippen molar-refractivity contribution in [2.75, 3.05) is 16.2 Å². The molecule has 0 radical (unpaired) electrons. The van der Waals surface area contributed by atoms with Gasteiger partial charge in [0.1, 0.15) is 17.0 Å². The molecule has 0 amide bonds. The van der Waals surface area contributed by atoms with Crippen molar-refractivity contribution in [3.8, 4) is 11.3 Å². The molecular formula is C22H27FN6O3S. The number of fused-ring (bicyclic) bond motifs is 1. The third-order valence-electron chi connectivity index (χ3n) is 5.85. The van der Waals surface area contributed by atoms with Crippen LogP contribution in [0.2, 0.25) is 0 Å². The summed E-state index contributed by atoms with van der Waals surface area (Å²) >= 11 is 0. The molecule has 3 aromatic rings. The van der Waals surface area contributed by atoms with Crippen molar-refractivity contribution < 1.29 is 12.8 Å². The monoisotopic (exact) mass is 474 g/mol. The molecule has 1 fully saturated rings. The average molecular weight is 475 g/mol. The van der Waals surface area contributed by atoms with E-state index in [1.54, 1.807) is 0 Å². The van der Waals surface area contributed by atoms with Gasteiger partial charge in [-0.3, -0.25) is 14.1 Å². The number of rotatable bonds is 6. The normalized spacial score (nSPS) is 15.3. The fourth-order valence-corrected chi connectivity index (χ4v) is 5.84. The third-order valence-corrected chi connectivity index (χ3v) is 7.30. The van der Waals surface area contributed by atoms with E-state index in [1.165, 1.54) is 22.9 Å². The maximum atomic E-state index is 14.9. The van der Waals surface area contributed by atoms with Crippen LogP contribution >= 0.6 is 0 Å². The van der Waals surface area contributed by atoms with E-state index in [4.69, 9.17) is 5.73 Å². The quantitative estimate of drug-likeness (QED) is 0.559. The Morgan fingerprint density at radius 3 is 2.61 bits per heavy atom. The zero-order valence-electron chi connectivity index (χ0n) is 18.6. The molecule has 0 saturated heterocycles. The van der Waals surface area contributed by atoms with Crippen LogP contribution in [0.4, 0.5) is 16.0 Å². The molecule has 1 saturated carbocycles. The minimum atomic E-state index is -3.69. The van der Waals surface area contributed by atoms with Gasteiger partial charge in [0.25, 0.3) is 5.56 Å². The van der Waals surface area contributed by atoms with Gasteiger partial charge in [0.2, 0.25) is 16.0 Å². The maximum absolute atomic E-state index is 14.9. The lowest BCUT2D eigenvalue weighted by Gasteiger charge is -2.21. The Morgan fingerprint density at radius 1 is 1.21 bits per heavy atom. The van der Waals surface area contributed by atoms with Gasteiger partial charge in [0.05, 0.1) is 17.6 Å². The molecule has 1 aliphatic rings. The first-order chi connectivity index (χ1) is 15.6. The highest BCUT2D eigenvalue weighted by Crippen LogP contribution is 2.27. The molecule has 33 heavy (non-hydrogen) atoms. The van der Waals surface area contributed by atoms with E-state index in [2.05, 4.69) is 19.7 Å². The van der Waals surface area contributed by atoms with Gasteiger partial charge in [-0.15, -0.1) is 0 Å². The topological polar surface area (TPSA) is 133 Å². The molecule has 176 valence electrons. The number of halogens is 1. The van der Waals surface area contributed by atoms with Crippen LogP contribution in [0.25, 0.3) is 22.4 Å². The highest BCUT2D eigenvalue weighted by atomic mass is 32.2. The fourth-order valence-electron chi connectivity index (χ4n) is 4.30. The summed E-state index contributed by atoms with van der Waals surface area (Å²) in [5.41, 5.74) is 5.92. The maximum Gasteiger partial charge on any atom is 0.278 e. The van der Waals surface area contributed by atoms with E-state index >= 15 is 0 Å². The molecule has 2 heterocycles. The van der Waals surface area contributed by atoms with Crippen LogP contribution < -0.4 is 16.0 Å². The van der Waals surface area contributed by atoms with Gasteiger partial charge in [-0.2, -0.15) is 4.98 Å². The largest absolute Gasteiger partial charge is 0.368 e. The van der Waals surface area contributed by atoms with Crippen molar-refractivity contribution in [3.63, 3.8) is 0 Å². The van der Waals surface area contributed by atoms with Crippen molar-refractivity contribution in [1.29, 1.82) is 0 Å². The first kappa shape index (κ1) is 23.1. The number of nitrogens with zero attached hydrogens (tertiary/aromatic N) is 4. The van der Waals surface area contributed by atoms with E-state index in [0.29, 0.717) is 11.2 Å². The number of nitrogens with two attached hydrogens (primary N) is 1. The number of aromatic nitrogens is 4. The predicted molar refractivity (Wildman–Crippen MR) is 126 cm³/mol. The number of nitrogens with one attached hydrogen (secondary N) is 1. The van der Waals surface area contributed by atoms with Gasteiger partial charge in [0.15, 0.2) is 5.65 Å². The van der Waals surface area contributed by atoms with E-state index < -0.39 is 21.4 Å². The average Bonchev–Trinajstić information content (AvgIpc) is 2.74. The minimum absolute atomic E-state index is 0.0140. The zero-order valence-corrected chi connectivity index (χ0v) is 19.4. The number of sulfonamides is 1. The van der Waals surface area contributed by atoms with Gasteiger partial charge in [-0.1, -0.05) is 25.3 Å². The summed E-state index contributed by atoms with van der Waals surface area (Å²) in [5.74, 6) is -0.707. The Kier molecular flexibility index (Phi) is 6.33. The van der Waals surface area contributed by atoms with Crippen LogP contribution in [0, 0.1) is 11.7 Å². The highest BCUT2D eigenvalue weighted by Gasteiger charge is 2.23. The molecule has 0 aliphatic heterocycles. The van der Waals surface area contributed by atoms with Crippen molar-refractivity contribution in [3.05, 3.63) is 40.6 Å². The first-order valence-corrected chi connectivity index (χ1v) is 12.6. The lowest BCUT2D eigenvalue weighted by atomic mass is 9.91. The molecule has 1 aliphatic carbocycles. The van der Waals surface area contributed by atoms with E-state index in [1.807, 2.05) is 13.8 Å². The number of hydrogen-bond donors (Lipinski definition) is 2. The standard InChI is InChI=1S/C22H27FN6O3S/c1-13(2)29-20-18(11-25-22(24)27-20)26-19(21(29)30)15-8-9-17(16(23)10-15)28-33(31,32)12-14-6-4-3-5-7-14/h8-11,13-14,28H,3-7,12H2,1-2H3,(H2,24,25,27). The summed E-state index contributed by atoms with van der Waals surface area (Å²) in [4.78, 5) is 25.5. The van der Waals surface area contributed by atoms with Crippen molar-refractivity contribution in [2.45, 2.75) is 52.0 Å². The smallest absolute Gasteiger partial charge is 0.278 e. The molecule has 0 bridgehead atoms. The molecule has 2 aromatic heterocycles. The second-order valence-corrected chi connectivity index (χ2v) is 10.5. The van der Waals surface area contributed by atoms with E-state index in [-0.39, 0.29) is 40.6 Å². The summed E-state index contributed by atoms with van der Waals surface area (Å²) in [7, 11) is -3.69. The van der Waals surface area contributed by atoms with Gasteiger partial charge < -0.3 is 5.73 Å². The van der Waals surface area contributed by atoms with Crippen LogP contribution in [0.1, 0.15) is 52.0 Å². The molecule has 9 nitrogen and oxygen atoms in total. The number of benzene rings is 1. The zero-order chi connectivity index (χ0) is 23.8. The second-order valence-electron chi connectivity index (χ2n) is 8.75. The van der Waals surface area contributed by atoms with Crippen LogP contribution in [0.5, 0.6) is 0 Å². The lowest BCUT2D eigenvalue weighted by molar-refractivity contribution is 0.385. The van der Waals surface area contributed by atoms with Crippen molar-refractivity contribution in [1.82, 2.24) is 19.5 Å². The SMILES string of the molecule is CC(C)n1c(=O)c(-c2ccc(NS(=O)(=O)CC3CCCCC3)c(F)c2)nc2cnc(N)nc21. The summed E-state index contributed by atoms with van der Waals surface area (Å²) in [6, 6.07) is 3.64.